The third-order valence-corrected chi connectivity index (χ3v) is 4.90. The summed E-state index contributed by atoms with van der Waals surface area (Å²) in [5.41, 5.74) is 0. The van der Waals surface area contributed by atoms with E-state index in [1.54, 1.807) is 0 Å². The molecule has 118 valence electrons. The lowest BCUT2D eigenvalue weighted by Gasteiger charge is -2.18. The molecule has 2 nitrogen and oxygen atoms in total. The molecule has 1 saturated carbocycles. The van der Waals surface area contributed by atoms with Gasteiger partial charge in [0.25, 0.3) is 0 Å². The second-order valence-electron chi connectivity index (χ2n) is 6.61. The zero-order valence-electron chi connectivity index (χ0n) is 13.4. The zero-order valence-corrected chi connectivity index (χ0v) is 13.4. The minimum Gasteiger partial charge on any atom is -0.481 e. The molecule has 0 aromatic heterocycles. The average molecular weight is 282 g/mol. The zero-order chi connectivity index (χ0) is 14.6. The summed E-state index contributed by atoms with van der Waals surface area (Å²) in [5.74, 6) is -0.125. The summed E-state index contributed by atoms with van der Waals surface area (Å²) in [6.07, 6.45) is 17.5. The molecular weight excluding hydrogens is 248 g/mol. The van der Waals surface area contributed by atoms with E-state index >= 15 is 0 Å². The van der Waals surface area contributed by atoms with E-state index in [9.17, 15) is 9.90 Å². The fourth-order valence-corrected chi connectivity index (χ4v) is 3.60. The van der Waals surface area contributed by atoms with E-state index in [1.165, 1.54) is 64.2 Å². The van der Waals surface area contributed by atoms with Crippen molar-refractivity contribution in [1.29, 1.82) is 0 Å². The molecule has 1 aliphatic carbocycles. The third-order valence-electron chi connectivity index (χ3n) is 4.90. The number of carbonyl (C=O) groups is 1. The third kappa shape index (κ3) is 7.31. The lowest BCUT2D eigenvalue weighted by atomic mass is 9.86. The Morgan fingerprint density at radius 1 is 0.950 bits per heavy atom. The molecule has 0 heterocycles. The number of hydrogen-bond acceptors (Lipinski definition) is 1. The Hall–Kier alpha value is -0.530. The quantitative estimate of drug-likeness (QED) is 0.459. The number of rotatable bonds is 12. The van der Waals surface area contributed by atoms with Crippen LogP contribution in [-0.2, 0) is 4.79 Å². The van der Waals surface area contributed by atoms with Crippen molar-refractivity contribution in [3.8, 4) is 0 Å². The van der Waals surface area contributed by atoms with Crippen LogP contribution in [0.3, 0.4) is 0 Å². The SMILES string of the molecule is CCCCCCCCCCCC(C(=O)O)C1CCCC1. The van der Waals surface area contributed by atoms with Crippen LogP contribution in [-0.4, -0.2) is 11.1 Å². The maximum Gasteiger partial charge on any atom is 0.306 e. The monoisotopic (exact) mass is 282 g/mol. The highest BCUT2D eigenvalue weighted by atomic mass is 16.4. The van der Waals surface area contributed by atoms with Crippen molar-refractivity contribution in [3.63, 3.8) is 0 Å². The summed E-state index contributed by atoms with van der Waals surface area (Å²) in [6, 6.07) is 0. The van der Waals surface area contributed by atoms with Crippen molar-refractivity contribution in [2.75, 3.05) is 0 Å². The predicted molar refractivity (Wildman–Crippen MR) is 84.9 cm³/mol. The maximum atomic E-state index is 11.4. The Labute approximate surface area is 125 Å². The standard InChI is InChI=1S/C18H34O2/c1-2-3-4-5-6-7-8-9-10-15-17(18(19)20)16-13-11-12-14-16/h16-17H,2-15H2,1H3,(H,19,20). The largest absolute Gasteiger partial charge is 0.481 e. The second-order valence-corrected chi connectivity index (χ2v) is 6.61. The molecule has 0 amide bonds. The second kappa shape index (κ2) is 11.2. The molecule has 0 aliphatic heterocycles. The van der Waals surface area contributed by atoms with Crippen LogP contribution < -0.4 is 0 Å². The van der Waals surface area contributed by atoms with Gasteiger partial charge in [0.05, 0.1) is 5.92 Å². The molecule has 0 saturated heterocycles. The lowest BCUT2D eigenvalue weighted by molar-refractivity contribution is -0.144. The smallest absolute Gasteiger partial charge is 0.306 e. The minimum absolute atomic E-state index is 0.0537. The van der Waals surface area contributed by atoms with Gasteiger partial charge < -0.3 is 5.11 Å². The fraction of sp³-hybridized carbons (Fsp3) is 0.944. The van der Waals surface area contributed by atoms with Crippen LogP contribution in [0.15, 0.2) is 0 Å². The first kappa shape index (κ1) is 17.5. The van der Waals surface area contributed by atoms with Crippen LogP contribution in [0.2, 0.25) is 0 Å². The van der Waals surface area contributed by atoms with E-state index in [0.29, 0.717) is 5.92 Å². The topological polar surface area (TPSA) is 37.3 Å². The minimum atomic E-state index is -0.545. The first-order valence-electron chi connectivity index (χ1n) is 8.98. The molecule has 0 aromatic carbocycles. The van der Waals surface area contributed by atoms with Crippen LogP contribution in [0.4, 0.5) is 0 Å². The van der Waals surface area contributed by atoms with Gasteiger partial charge >= 0.3 is 5.97 Å². The molecule has 1 aliphatic rings. The number of unbranched alkanes of at least 4 members (excludes halogenated alkanes) is 8. The molecule has 1 fully saturated rings. The van der Waals surface area contributed by atoms with Crippen LogP contribution in [0, 0.1) is 11.8 Å². The van der Waals surface area contributed by atoms with Crippen molar-refractivity contribution in [2.45, 2.75) is 96.8 Å². The van der Waals surface area contributed by atoms with Crippen molar-refractivity contribution in [3.05, 3.63) is 0 Å². The molecule has 0 bridgehead atoms. The van der Waals surface area contributed by atoms with Crippen LogP contribution in [0.5, 0.6) is 0 Å². The number of carboxylic acids is 1. The number of hydrogen-bond donors (Lipinski definition) is 1. The van der Waals surface area contributed by atoms with Gasteiger partial charge in [0.15, 0.2) is 0 Å². The van der Waals surface area contributed by atoms with Gasteiger partial charge in [-0.3, -0.25) is 4.79 Å². The Morgan fingerprint density at radius 3 is 1.95 bits per heavy atom. The average Bonchev–Trinajstić information content (AvgIpc) is 2.94. The van der Waals surface area contributed by atoms with Crippen LogP contribution >= 0.6 is 0 Å². The van der Waals surface area contributed by atoms with Gasteiger partial charge in [-0.2, -0.15) is 0 Å². The number of carboxylic acid groups (broad SMARTS) is 1. The van der Waals surface area contributed by atoms with Gasteiger partial charge in [-0.25, -0.2) is 0 Å². The molecule has 1 N–H and O–H groups in total. The summed E-state index contributed by atoms with van der Waals surface area (Å²) >= 11 is 0. The molecule has 0 aromatic rings. The van der Waals surface area contributed by atoms with Gasteiger partial charge in [0.1, 0.15) is 0 Å². The normalized spacial score (nSPS) is 17.4. The van der Waals surface area contributed by atoms with Gasteiger partial charge in [0.2, 0.25) is 0 Å². The Kier molecular flexibility index (Phi) is 9.78. The van der Waals surface area contributed by atoms with Crippen molar-refractivity contribution in [1.82, 2.24) is 0 Å². The van der Waals surface area contributed by atoms with Crippen LogP contribution in [0.1, 0.15) is 96.8 Å². The predicted octanol–water partition coefficient (Wildman–Crippen LogP) is 5.80. The van der Waals surface area contributed by atoms with Crippen molar-refractivity contribution in [2.24, 2.45) is 11.8 Å². The van der Waals surface area contributed by atoms with E-state index in [-0.39, 0.29) is 5.92 Å². The number of aliphatic carboxylic acids is 1. The van der Waals surface area contributed by atoms with Gasteiger partial charge in [-0.1, -0.05) is 77.6 Å². The summed E-state index contributed by atoms with van der Waals surface area (Å²) in [4.78, 5) is 11.4. The van der Waals surface area contributed by atoms with Crippen molar-refractivity contribution >= 4 is 5.97 Å². The fourth-order valence-electron chi connectivity index (χ4n) is 3.60. The van der Waals surface area contributed by atoms with Crippen LogP contribution in [0.25, 0.3) is 0 Å². The first-order chi connectivity index (χ1) is 9.75. The van der Waals surface area contributed by atoms with Gasteiger partial charge in [0, 0.05) is 0 Å². The highest BCUT2D eigenvalue weighted by Gasteiger charge is 2.29. The Bertz CT molecular complexity index is 244. The molecular formula is C18H34O2. The van der Waals surface area contributed by atoms with E-state index < -0.39 is 5.97 Å². The summed E-state index contributed by atoms with van der Waals surface area (Å²) in [6.45, 7) is 2.25. The molecule has 20 heavy (non-hydrogen) atoms. The van der Waals surface area contributed by atoms with E-state index in [2.05, 4.69) is 6.92 Å². The molecule has 0 radical (unpaired) electrons. The first-order valence-corrected chi connectivity index (χ1v) is 8.98. The highest BCUT2D eigenvalue weighted by molar-refractivity contribution is 5.70. The van der Waals surface area contributed by atoms with Gasteiger partial charge in [-0.15, -0.1) is 0 Å². The molecule has 1 atom stereocenters. The van der Waals surface area contributed by atoms with Gasteiger partial charge in [-0.05, 0) is 25.2 Å². The van der Waals surface area contributed by atoms with E-state index in [0.717, 1.165) is 25.7 Å². The molecule has 2 heteroatoms. The molecule has 1 unspecified atom stereocenters. The lowest BCUT2D eigenvalue weighted by Crippen LogP contribution is -2.21. The van der Waals surface area contributed by atoms with Crippen molar-refractivity contribution < 1.29 is 9.90 Å². The van der Waals surface area contributed by atoms with E-state index in [1.807, 2.05) is 0 Å². The van der Waals surface area contributed by atoms with E-state index in [4.69, 9.17) is 0 Å². The molecule has 0 spiro atoms. The maximum absolute atomic E-state index is 11.4. The Morgan fingerprint density at radius 2 is 1.45 bits per heavy atom. The summed E-state index contributed by atoms with van der Waals surface area (Å²) in [7, 11) is 0. The molecule has 1 rings (SSSR count). The highest BCUT2D eigenvalue weighted by Crippen LogP contribution is 2.34. The Balaban J connectivity index is 1.99. The summed E-state index contributed by atoms with van der Waals surface area (Å²) < 4.78 is 0. The summed E-state index contributed by atoms with van der Waals surface area (Å²) in [5, 5.41) is 9.36.